The fraction of sp³-hybridized carbons (Fsp3) is 0.938. The van der Waals surface area contributed by atoms with Gasteiger partial charge in [0.15, 0.2) is 0 Å². The van der Waals surface area contributed by atoms with Crippen LogP contribution in [0.2, 0.25) is 0 Å². The highest BCUT2D eigenvalue weighted by Gasteiger charge is 2.68. The summed E-state index contributed by atoms with van der Waals surface area (Å²) in [5.41, 5.74) is 0. The third-order valence-electron chi connectivity index (χ3n) is 6.35. The third kappa shape index (κ3) is 1.91. The molecule has 1 amide bonds. The molecular formula is C16H24BrNO. The van der Waals surface area contributed by atoms with E-state index < -0.39 is 0 Å². The van der Waals surface area contributed by atoms with Crippen molar-refractivity contribution < 1.29 is 4.79 Å². The van der Waals surface area contributed by atoms with E-state index in [9.17, 15) is 4.79 Å². The van der Waals surface area contributed by atoms with E-state index in [4.69, 9.17) is 0 Å². The van der Waals surface area contributed by atoms with Crippen molar-refractivity contribution in [1.82, 2.24) is 4.90 Å². The van der Waals surface area contributed by atoms with Crippen LogP contribution in [-0.2, 0) is 4.79 Å². The summed E-state index contributed by atoms with van der Waals surface area (Å²) in [6.07, 6.45) is 9.17. The molecule has 1 saturated heterocycles. The summed E-state index contributed by atoms with van der Waals surface area (Å²) < 4.78 is 0. The molecule has 4 rings (SSSR count). The predicted molar refractivity (Wildman–Crippen MR) is 79.1 cm³/mol. The van der Waals surface area contributed by atoms with Gasteiger partial charge in [0.2, 0.25) is 5.91 Å². The second-order valence-corrected chi connectivity index (χ2v) is 7.97. The third-order valence-corrected chi connectivity index (χ3v) is 6.91. The van der Waals surface area contributed by atoms with E-state index in [1.165, 1.54) is 44.9 Å². The average Bonchev–Trinajstić information content (AvgIpc) is 2.82. The maximum absolute atomic E-state index is 12.8. The number of nitrogens with zero attached hydrogens (tertiary/aromatic N) is 1. The smallest absolute Gasteiger partial charge is 0.226 e. The second kappa shape index (κ2) is 4.75. The van der Waals surface area contributed by atoms with Crippen LogP contribution in [0, 0.1) is 29.6 Å². The molecule has 0 aromatic carbocycles. The zero-order valence-electron chi connectivity index (χ0n) is 11.6. The molecule has 0 radical (unpaired) electrons. The minimum absolute atomic E-state index is 0.454. The maximum Gasteiger partial charge on any atom is 0.226 e. The highest BCUT2D eigenvalue weighted by atomic mass is 79.9. The van der Waals surface area contributed by atoms with E-state index in [1.807, 2.05) is 0 Å². The number of likely N-dealkylation sites (tertiary alicyclic amines) is 1. The van der Waals surface area contributed by atoms with Gasteiger partial charge in [0, 0.05) is 23.8 Å². The first-order chi connectivity index (χ1) is 9.31. The minimum atomic E-state index is 0.454. The highest BCUT2D eigenvalue weighted by Crippen LogP contribution is 2.69. The molecular weight excluding hydrogens is 302 g/mol. The summed E-state index contributed by atoms with van der Waals surface area (Å²) in [7, 11) is 0. The molecule has 2 bridgehead atoms. The molecule has 2 nitrogen and oxygen atoms in total. The molecule has 3 heteroatoms. The first kappa shape index (κ1) is 12.7. The fourth-order valence-electron chi connectivity index (χ4n) is 5.59. The Morgan fingerprint density at radius 1 is 1.16 bits per heavy atom. The lowest BCUT2D eigenvalue weighted by molar-refractivity contribution is -0.134. The van der Waals surface area contributed by atoms with E-state index in [0.29, 0.717) is 17.9 Å². The van der Waals surface area contributed by atoms with Crippen LogP contribution in [-0.4, -0.2) is 28.7 Å². The van der Waals surface area contributed by atoms with Gasteiger partial charge in [-0.05, 0) is 68.6 Å². The summed E-state index contributed by atoms with van der Waals surface area (Å²) in [5, 5.41) is 1.07. The van der Waals surface area contributed by atoms with Gasteiger partial charge in [-0.2, -0.15) is 0 Å². The Balaban J connectivity index is 1.41. The van der Waals surface area contributed by atoms with E-state index in [-0.39, 0.29) is 0 Å². The monoisotopic (exact) mass is 325 g/mol. The van der Waals surface area contributed by atoms with Crippen LogP contribution in [0.3, 0.4) is 0 Å². The maximum atomic E-state index is 12.8. The predicted octanol–water partition coefficient (Wildman–Crippen LogP) is 3.44. The number of rotatable bonds is 4. The lowest BCUT2D eigenvalue weighted by Crippen LogP contribution is -2.37. The normalized spacial score (nSPS) is 46.7. The molecule has 0 N–H and O–H groups in total. The van der Waals surface area contributed by atoms with Gasteiger partial charge in [0.1, 0.15) is 0 Å². The number of halogens is 1. The van der Waals surface area contributed by atoms with E-state index in [2.05, 4.69) is 20.8 Å². The van der Waals surface area contributed by atoms with Gasteiger partial charge in [-0.1, -0.05) is 15.9 Å². The number of carbonyl (C=O) groups excluding carboxylic acids is 1. The number of alkyl halides is 1. The van der Waals surface area contributed by atoms with Crippen LogP contribution in [0.5, 0.6) is 0 Å². The number of hydrogen-bond acceptors (Lipinski definition) is 1. The van der Waals surface area contributed by atoms with Gasteiger partial charge < -0.3 is 4.90 Å². The number of hydrogen-bond donors (Lipinski definition) is 0. The lowest BCUT2D eigenvalue weighted by Gasteiger charge is -2.26. The molecule has 0 spiro atoms. The van der Waals surface area contributed by atoms with Gasteiger partial charge in [0.25, 0.3) is 0 Å². The SMILES string of the molecule is O=C(C1C2C3CCC(C3)C12)N1CCCC1CCCBr. The van der Waals surface area contributed by atoms with Crippen LogP contribution >= 0.6 is 15.9 Å². The van der Waals surface area contributed by atoms with Gasteiger partial charge in [0.05, 0.1) is 0 Å². The van der Waals surface area contributed by atoms with Gasteiger partial charge in [-0.3, -0.25) is 4.79 Å². The lowest BCUT2D eigenvalue weighted by atomic mass is 10.0. The molecule has 0 aromatic heterocycles. The van der Waals surface area contributed by atoms with E-state index in [0.717, 1.165) is 35.5 Å². The fourth-order valence-corrected chi connectivity index (χ4v) is 5.91. The number of amides is 1. The molecule has 1 aliphatic heterocycles. The average molecular weight is 326 g/mol. The number of fused-ring (bicyclic) bond motifs is 5. The number of carbonyl (C=O) groups is 1. The van der Waals surface area contributed by atoms with Crippen LogP contribution in [0.4, 0.5) is 0 Å². The van der Waals surface area contributed by atoms with E-state index in [1.54, 1.807) is 0 Å². The minimum Gasteiger partial charge on any atom is -0.339 e. The van der Waals surface area contributed by atoms with Crippen LogP contribution in [0.25, 0.3) is 0 Å². The second-order valence-electron chi connectivity index (χ2n) is 7.17. The topological polar surface area (TPSA) is 20.3 Å². The molecule has 1 heterocycles. The van der Waals surface area contributed by atoms with E-state index >= 15 is 0 Å². The van der Waals surface area contributed by atoms with Crippen molar-refractivity contribution in [1.29, 1.82) is 0 Å². The van der Waals surface area contributed by atoms with Gasteiger partial charge in [-0.15, -0.1) is 0 Å². The molecule has 3 aliphatic carbocycles. The zero-order chi connectivity index (χ0) is 13.0. The van der Waals surface area contributed by atoms with Crippen molar-refractivity contribution in [3.8, 4) is 0 Å². The Morgan fingerprint density at radius 2 is 1.89 bits per heavy atom. The Morgan fingerprint density at radius 3 is 2.58 bits per heavy atom. The summed E-state index contributed by atoms with van der Waals surface area (Å²) in [5.74, 6) is 4.46. The van der Waals surface area contributed by atoms with Crippen molar-refractivity contribution in [3.05, 3.63) is 0 Å². The largest absolute Gasteiger partial charge is 0.339 e. The highest BCUT2D eigenvalue weighted by molar-refractivity contribution is 9.09. The Hall–Kier alpha value is -0.0500. The van der Waals surface area contributed by atoms with Gasteiger partial charge in [-0.25, -0.2) is 0 Å². The van der Waals surface area contributed by atoms with Crippen LogP contribution < -0.4 is 0 Å². The first-order valence-electron chi connectivity index (χ1n) is 8.17. The van der Waals surface area contributed by atoms with Crippen molar-refractivity contribution in [2.75, 3.05) is 11.9 Å². The zero-order valence-corrected chi connectivity index (χ0v) is 13.1. The van der Waals surface area contributed by atoms with Crippen LogP contribution in [0.15, 0.2) is 0 Å². The standard InChI is InChI=1S/C16H24BrNO/c17-7-1-3-12-4-2-8-18(12)16(19)15-13-10-5-6-11(9-10)14(13)15/h10-15H,1-9H2. The Kier molecular flexibility index (Phi) is 3.17. The molecule has 0 aromatic rings. The first-order valence-corrected chi connectivity index (χ1v) is 9.30. The summed E-state index contributed by atoms with van der Waals surface area (Å²) in [6, 6.07) is 0.559. The molecule has 5 unspecified atom stereocenters. The van der Waals surface area contributed by atoms with Crippen molar-refractivity contribution in [2.24, 2.45) is 29.6 Å². The van der Waals surface area contributed by atoms with Crippen molar-refractivity contribution in [3.63, 3.8) is 0 Å². The molecule has 106 valence electrons. The van der Waals surface area contributed by atoms with Crippen molar-refractivity contribution >= 4 is 21.8 Å². The van der Waals surface area contributed by atoms with Gasteiger partial charge >= 0.3 is 0 Å². The Bertz CT molecular complexity index is 369. The summed E-state index contributed by atoms with van der Waals surface area (Å²) >= 11 is 3.51. The molecule has 3 saturated carbocycles. The molecule has 4 fully saturated rings. The quantitative estimate of drug-likeness (QED) is 0.725. The van der Waals surface area contributed by atoms with Crippen molar-refractivity contribution in [2.45, 2.75) is 51.0 Å². The summed E-state index contributed by atoms with van der Waals surface area (Å²) in [6.45, 7) is 1.04. The molecule has 5 atom stereocenters. The summed E-state index contributed by atoms with van der Waals surface area (Å²) in [4.78, 5) is 15.1. The van der Waals surface area contributed by atoms with Crippen LogP contribution in [0.1, 0.15) is 44.9 Å². The molecule has 19 heavy (non-hydrogen) atoms. The Labute approximate surface area is 124 Å². The molecule has 4 aliphatic rings.